The molecular formula is C15H16N2O2. The van der Waals surface area contributed by atoms with E-state index in [0.717, 1.165) is 17.2 Å². The highest BCUT2D eigenvalue weighted by Gasteiger charge is 2.26. The molecule has 3 rings (SSSR count). The number of benzene rings is 1. The van der Waals surface area contributed by atoms with Crippen molar-refractivity contribution < 1.29 is 9.47 Å². The molecule has 0 amide bonds. The quantitative estimate of drug-likeness (QED) is 0.909. The Balaban J connectivity index is 1.68. The first-order valence-corrected chi connectivity index (χ1v) is 6.37. The third-order valence-electron chi connectivity index (χ3n) is 3.18. The molecule has 4 nitrogen and oxygen atoms in total. The number of aromatic nitrogens is 1. The van der Waals surface area contributed by atoms with Crippen molar-refractivity contribution in [3.05, 3.63) is 54.4 Å². The lowest BCUT2D eigenvalue weighted by Crippen LogP contribution is -2.46. The van der Waals surface area contributed by atoms with Crippen molar-refractivity contribution in [2.24, 2.45) is 5.73 Å². The standard InChI is InChI=1S/C15H16N2O2/c16-12(9-11-5-3-4-8-17-11)15-10-18-13-6-1-2-7-14(13)19-15/h1-8,12,15H,9-10,16H2/t12-,15+/m0/s1. The molecule has 2 atom stereocenters. The predicted molar refractivity (Wildman–Crippen MR) is 72.3 cm³/mol. The van der Waals surface area contributed by atoms with Crippen LogP contribution in [0.3, 0.4) is 0 Å². The van der Waals surface area contributed by atoms with E-state index in [0.29, 0.717) is 13.0 Å². The number of para-hydroxylation sites is 2. The number of nitrogens with zero attached hydrogens (tertiary/aromatic N) is 1. The average Bonchev–Trinajstić information content (AvgIpc) is 2.48. The monoisotopic (exact) mass is 256 g/mol. The van der Waals surface area contributed by atoms with Crippen molar-refractivity contribution in [2.75, 3.05) is 6.61 Å². The zero-order valence-corrected chi connectivity index (χ0v) is 10.5. The molecule has 0 aliphatic carbocycles. The molecule has 4 heteroatoms. The summed E-state index contributed by atoms with van der Waals surface area (Å²) in [5.41, 5.74) is 7.16. The van der Waals surface area contributed by atoms with Gasteiger partial charge in [-0.1, -0.05) is 18.2 Å². The number of rotatable bonds is 3. The number of nitrogens with two attached hydrogens (primary N) is 1. The minimum atomic E-state index is -0.142. The Morgan fingerprint density at radius 2 is 1.95 bits per heavy atom. The van der Waals surface area contributed by atoms with Crippen LogP contribution < -0.4 is 15.2 Å². The zero-order valence-electron chi connectivity index (χ0n) is 10.5. The van der Waals surface area contributed by atoms with Crippen LogP contribution in [0.25, 0.3) is 0 Å². The van der Waals surface area contributed by atoms with E-state index in [4.69, 9.17) is 15.2 Å². The molecule has 98 valence electrons. The molecule has 1 aromatic heterocycles. The summed E-state index contributed by atoms with van der Waals surface area (Å²) in [5.74, 6) is 1.54. The molecule has 1 aliphatic heterocycles. The Morgan fingerprint density at radius 3 is 2.74 bits per heavy atom. The third-order valence-corrected chi connectivity index (χ3v) is 3.18. The van der Waals surface area contributed by atoms with Gasteiger partial charge >= 0.3 is 0 Å². The highest BCUT2D eigenvalue weighted by molar-refractivity contribution is 5.40. The largest absolute Gasteiger partial charge is 0.486 e. The van der Waals surface area contributed by atoms with E-state index >= 15 is 0 Å². The van der Waals surface area contributed by atoms with Crippen molar-refractivity contribution >= 4 is 0 Å². The van der Waals surface area contributed by atoms with Gasteiger partial charge in [0.15, 0.2) is 11.5 Å². The molecule has 0 saturated heterocycles. The summed E-state index contributed by atoms with van der Waals surface area (Å²) in [6.45, 7) is 0.477. The second-order valence-electron chi connectivity index (χ2n) is 4.60. The first-order chi connectivity index (χ1) is 9.33. The van der Waals surface area contributed by atoms with E-state index in [1.165, 1.54) is 0 Å². The number of hydrogen-bond acceptors (Lipinski definition) is 4. The summed E-state index contributed by atoms with van der Waals surface area (Å²) in [4.78, 5) is 4.28. The van der Waals surface area contributed by atoms with E-state index in [1.807, 2.05) is 42.5 Å². The Morgan fingerprint density at radius 1 is 1.16 bits per heavy atom. The molecule has 0 spiro atoms. The maximum Gasteiger partial charge on any atom is 0.161 e. The van der Waals surface area contributed by atoms with E-state index in [2.05, 4.69) is 4.98 Å². The van der Waals surface area contributed by atoms with Gasteiger partial charge in [-0.2, -0.15) is 0 Å². The number of ether oxygens (including phenoxy) is 2. The fourth-order valence-electron chi connectivity index (χ4n) is 2.14. The molecule has 2 N–H and O–H groups in total. The summed E-state index contributed by atoms with van der Waals surface area (Å²) in [7, 11) is 0. The first-order valence-electron chi connectivity index (χ1n) is 6.37. The van der Waals surface area contributed by atoms with Gasteiger partial charge < -0.3 is 15.2 Å². The summed E-state index contributed by atoms with van der Waals surface area (Å²) in [6.07, 6.45) is 2.31. The van der Waals surface area contributed by atoms with Crippen LogP contribution in [0.15, 0.2) is 48.7 Å². The van der Waals surface area contributed by atoms with Crippen LogP contribution in [0.2, 0.25) is 0 Å². The van der Waals surface area contributed by atoms with Gasteiger partial charge in [0, 0.05) is 18.3 Å². The van der Waals surface area contributed by atoms with Gasteiger partial charge in [0.25, 0.3) is 0 Å². The van der Waals surface area contributed by atoms with Gasteiger partial charge in [0.1, 0.15) is 12.7 Å². The van der Waals surface area contributed by atoms with E-state index in [9.17, 15) is 0 Å². The van der Waals surface area contributed by atoms with Crippen LogP contribution in [0, 0.1) is 0 Å². The molecule has 2 aromatic rings. The van der Waals surface area contributed by atoms with Crippen LogP contribution in [-0.2, 0) is 6.42 Å². The normalized spacial score (nSPS) is 18.9. The smallest absolute Gasteiger partial charge is 0.161 e. The van der Waals surface area contributed by atoms with Gasteiger partial charge in [-0.15, -0.1) is 0 Å². The van der Waals surface area contributed by atoms with Crippen molar-refractivity contribution in [2.45, 2.75) is 18.6 Å². The highest BCUT2D eigenvalue weighted by atomic mass is 16.6. The van der Waals surface area contributed by atoms with Crippen molar-refractivity contribution in [3.63, 3.8) is 0 Å². The fraction of sp³-hybridized carbons (Fsp3) is 0.267. The van der Waals surface area contributed by atoms with Gasteiger partial charge in [0.05, 0.1) is 6.04 Å². The van der Waals surface area contributed by atoms with Crippen LogP contribution in [-0.4, -0.2) is 23.7 Å². The first kappa shape index (κ1) is 12.0. The maximum absolute atomic E-state index is 6.19. The van der Waals surface area contributed by atoms with Crippen molar-refractivity contribution in [3.8, 4) is 11.5 Å². The number of hydrogen-bond donors (Lipinski definition) is 1. The zero-order chi connectivity index (χ0) is 13.1. The molecule has 1 aromatic carbocycles. The Hall–Kier alpha value is -2.07. The molecule has 1 aliphatic rings. The molecule has 0 saturated carbocycles. The third kappa shape index (κ3) is 2.69. The molecule has 0 unspecified atom stereocenters. The maximum atomic E-state index is 6.19. The lowest BCUT2D eigenvalue weighted by molar-refractivity contribution is 0.0720. The van der Waals surface area contributed by atoms with E-state index in [-0.39, 0.29) is 12.1 Å². The SMILES string of the molecule is N[C@@H](Cc1ccccn1)[C@H]1COc2ccccc2O1. The van der Waals surface area contributed by atoms with E-state index < -0.39 is 0 Å². The molecule has 0 fully saturated rings. The number of pyridine rings is 1. The Labute approximate surface area is 112 Å². The summed E-state index contributed by atoms with van der Waals surface area (Å²) < 4.78 is 11.6. The highest BCUT2D eigenvalue weighted by Crippen LogP contribution is 2.31. The predicted octanol–water partition coefficient (Wildman–Crippen LogP) is 1.79. The molecular weight excluding hydrogens is 240 g/mol. The number of fused-ring (bicyclic) bond motifs is 1. The molecule has 2 heterocycles. The van der Waals surface area contributed by atoms with Gasteiger partial charge in [-0.3, -0.25) is 4.98 Å². The fourth-order valence-corrected chi connectivity index (χ4v) is 2.14. The van der Waals surface area contributed by atoms with Gasteiger partial charge in [-0.25, -0.2) is 0 Å². The molecule has 0 bridgehead atoms. The second-order valence-corrected chi connectivity index (χ2v) is 4.60. The van der Waals surface area contributed by atoms with Gasteiger partial charge in [-0.05, 0) is 24.3 Å². The summed E-state index contributed by atoms with van der Waals surface area (Å²) >= 11 is 0. The topological polar surface area (TPSA) is 57.4 Å². The second kappa shape index (κ2) is 5.28. The van der Waals surface area contributed by atoms with E-state index in [1.54, 1.807) is 6.20 Å². The summed E-state index contributed by atoms with van der Waals surface area (Å²) in [6, 6.07) is 13.3. The lowest BCUT2D eigenvalue weighted by Gasteiger charge is -2.30. The van der Waals surface area contributed by atoms with Crippen molar-refractivity contribution in [1.82, 2.24) is 4.98 Å². The lowest BCUT2D eigenvalue weighted by atomic mass is 10.1. The minimum absolute atomic E-state index is 0.136. The average molecular weight is 256 g/mol. The summed E-state index contributed by atoms with van der Waals surface area (Å²) in [5, 5.41) is 0. The van der Waals surface area contributed by atoms with Gasteiger partial charge in [0.2, 0.25) is 0 Å². The Kier molecular flexibility index (Phi) is 3.33. The van der Waals surface area contributed by atoms with Crippen molar-refractivity contribution in [1.29, 1.82) is 0 Å². The Bertz CT molecular complexity index is 545. The molecule has 19 heavy (non-hydrogen) atoms. The van der Waals surface area contributed by atoms with Crippen LogP contribution in [0.4, 0.5) is 0 Å². The van der Waals surface area contributed by atoms with Crippen LogP contribution in [0.1, 0.15) is 5.69 Å². The van der Waals surface area contributed by atoms with Crippen LogP contribution >= 0.6 is 0 Å². The molecule has 0 radical (unpaired) electrons. The minimum Gasteiger partial charge on any atom is -0.486 e. The van der Waals surface area contributed by atoms with Crippen LogP contribution in [0.5, 0.6) is 11.5 Å².